The van der Waals surface area contributed by atoms with E-state index < -0.39 is 0 Å². The number of carbonyl (C=O) groups is 2. The molecule has 0 aromatic heterocycles. The standard InChI is InChI=1S/C22H26ClNO3S/c1-22(2,3)16-6-10-18(11-7-16)24-20(25)15-27-21(26)5-4-14-28-19-12-8-17(23)9-13-19/h6-13H,4-5,14-15H2,1-3H3,(H,24,25). The van der Waals surface area contributed by atoms with E-state index >= 15 is 0 Å². The molecule has 150 valence electrons. The zero-order valence-corrected chi connectivity index (χ0v) is 18.0. The summed E-state index contributed by atoms with van der Waals surface area (Å²) in [6.07, 6.45) is 0.968. The van der Waals surface area contributed by atoms with Crippen molar-refractivity contribution in [3.05, 3.63) is 59.1 Å². The van der Waals surface area contributed by atoms with Crippen LogP contribution in [-0.4, -0.2) is 24.2 Å². The quantitative estimate of drug-likeness (QED) is 0.339. The minimum absolute atomic E-state index is 0.0594. The lowest BCUT2D eigenvalue weighted by atomic mass is 9.87. The smallest absolute Gasteiger partial charge is 0.306 e. The molecule has 4 nitrogen and oxygen atoms in total. The predicted molar refractivity (Wildman–Crippen MR) is 116 cm³/mol. The zero-order valence-electron chi connectivity index (χ0n) is 16.5. The van der Waals surface area contributed by atoms with Crippen molar-refractivity contribution in [3.8, 4) is 0 Å². The van der Waals surface area contributed by atoms with Gasteiger partial charge in [0.05, 0.1) is 0 Å². The first-order valence-electron chi connectivity index (χ1n) is 9.18. The Morgan fingerprint density at radius 3 is 2.29 bits per heavy atom. The molecule has 0 radical (unpaired) electrons. The van der Waals surface area contributed by atoms with Gasteiger partial charge in [-0.25, -0.2) is 0 Å². The van der Waals surface area contributed by atoms with E-state index in [9.17, 15) is 9.59 Å². The van der Waals surface area contributed by atoms with E-state index in [2.05, 4.69) is 26.1 Å². The van der Waals surface area contributed by atoms with Crippen molar-refractivity contribution in [2.24, 2.45) is 0 Å². The van der Waals surface area contributed by atoms with E-state index in [1.54, 1.807) is 11.8 Å². The maximum Gasteiger partial charge on any atom is 0.306 e. The third kappa shape index (κ3) is 7.95. The average Bonchev–Trinajstić information content (AvgIpc) is 2.65. The summed E-state index contributed by atoms with van der Waals surface area (Å²) in [6.45, 7) is 6.13. The molecule has 0 atom stereocenters. The fourth-order valence-corrected chi connectivity index (χ4v) is 3.39. The highest BCUT2D eigenvalue weighted by molar-refractivity contribution is 7.99. The Labute approximate surface area is 176 Å². The highest BCUT2D eigenvalue weighted by atomic mass is 35.5. The summed E-state index contributed by atoms with van der Waals surface area (Å²) < 4.78 is 5.04. The van der Waals surface area contributed by atoms with Gasteiger partial charge in [-0.3, -0.25) is 9.59 Å². The second-order valence-electron chi connectivity index (χ2n) is 7.44. The van der Waals surface area contributed by atoms with E-state index in [0.717, 1.165) is 10.6 Å². The first-order valence-corrected chi connectivity index (χ1v) is 10.5. The monoisotopic (exact) mass is 419 g/mol. The van der Waals surface area contributed by atoms with Gasteiger partial charge in [0.1, 0.15) is 0 Å². The van der Waals surface area contributed by atoms with Crippen LogP contribution in [0.1, 0.15) is 39.2 Å². The number of rotatable bonds is 8. The van der Waals surface area contributed by atoms with Crippen molar-refractivity contribution in [1.29, 1.82) is 0 Å². The van der Waals surface area contributed by atoms with E-state index in [-0.39, 0.29) is 30.3 Å². The summed E-state index contributed by atoms with van der Waals surface area (Å²) in [6, 6.07) is 15.3. The number of hydrogen-bond donors (Lipinski definition) is 1. The van der Waals surface area contributed by atoms with Crippen molar-refractivity contribution >= 4 is 40.9 Å². The summed E-state index contributed by atoms with van der Waals surface area (Å²) in [5.41, 5.74) is 1.94. The van der Waals surface area contributed by atoms with Crippen LogP contribution in [0.2, 0.25) is 5.02 Å². The van der Waals surface area contributed by atoms with Gasteiger partial charge in [-0.15, -0.1) is 11.8 Å². The Kier molecular flexibility index (Phi) is 8.39. The number of hydrogen-bond acceptors (Lipinski definition) is 4. The van der Waals surface area contributed by atoms with Crippen LogP contribution in [0.25, 0.3) is 0 Å². The Morgan fingerprint density at radius 2 is 1.68 bits per heavy atom. The lowest BCUT2D eigenvalue weighted by Gasteiger charge is -2.19. The number of carbonyl (C=O) groups excluding carboxylic acids is 2. The van der Waals surface area contributed by atoms with Crippen molar-refractivity contribution in [3.63, 3.8) is 0 Å². The topological polar surface area (TPSA) is 55.4 Å². The SMILES string of the molecule is CC(C)(C)c1ccc(NC(=O)COC(=O)CCCSc2ccc(Cl)cc2)cc1. The van der Waals surface area contributed by atoms with Gasteiger partial charge >= 0.3 is 5.97 Å². The molecular formula is C22H26ClNO3S. The molecule has 2 aromatic carbocycles. The van der Waals surface area contributed by atoms with Gasteiger partial charge in [0.15, 0.2) is 6.61 Å². The third-order valence-corrected chi connectivity index (χ3v) is 5.36. The number of thioether (sulfide) groups is 1. The second kappa shape index (κ2) is 10.5. The van der Waals surface area contributed by atoms with Gasteiger partial charge in [0.25, 0.3) is 5.91 Å². The summed E-state index contributed by atoms with van der Waals surface area (Å²) in [4.78, 5) is 24.8. The number of anilines is 1. The van der Waals surface area contributed by atoms with E-state index in [1.165, 1.54) is 5.56 Å². The molecule has 0 saturated carbocycles. The molecule has 0 spiro atoms. The van der Waals surface area contributed by atoms with E-state index in [4.69, 9.17) is 16.3 Å². The number of halogens is 1. The summed E-state index contributed by atoms with van der Waals surface area (Å²) in [7, 11) is 0. The summed E-state index contributed by atoms with van der Waals surface area (Å²) in [5, 5.41) is 3.44. The molecule has 6 heteroatoms. The van der Waals surface area contributed by atoms with Crippen LogP contribution < -0.4 is 5.32 Å². The van der Waals surface area contributed by atoms with Gasteiger partial charge in [-0.05, 0) is 59.6 Å². The molecule has 0 saturated heterocycles. The van der Waals surface area contributed by atoms with Gasteiger partial charge in [0, 0.05) is 22.0 Å². The normalized spacial score (nSPS) is 11.1. The average molecular weight is 420 g/mol. The first kappa shape index (κ1) is 22.3. The highest BCUT2D eigenvalue weighted by Crippen LogP contribution is 2.23. The molecule has 0 aliphatic heterocycles. The fourth-order valence-electron chi connectivity index (χ4n) is 2.41. The van der Waals surface area contributed by atoms with Crippen molar-refractivity contribution in [2.45, 2.75) is 43.9 Å². The van der Waals surface area contributed by atoms with Crippen molar-refractivity contribution in [2.75, 3.05) is 17.7 Å². The molecule has 0 unspecified atom stereocenters. The zero-order chi connectivity index (χ0) is 20.6. The van der Waals surface area contributed by atoms with Crippen molar-refractivity contribution in [1.82, 2.24) is 0 Å². The van der Waals surface area contributed by atoms with Gasteiger partial charge < -0.3 is 10.1 Å². The molecule has 0 aliphatic rings. The number of benzene rings is 2. The molecule has 0 bridgehead atoms. The molecule has 1 N–H and O–H groups in total. The summed E-state index contributed by atoms with van der Waals surface area (Å²) in [5.74, 6) is 0.0885. The molecule has 2 aromatic rings. The fraction of sp³-hybridized carbons (Fsp3) is 0.364. The number of amides is 1. The predicted octanol–water partition coefficient (Wildman–Crippen LogP) is 5.69. The van der Waals surface area contributed by atoms with Crippen LogP contribution in [0.5, 0.6) is 0 Å². The maximum atomic E-state index is 11.9. The Bertz CT molecular complexity index is 783. The first-order chi connectivity index (χ1) is 13.2. The summed E-state index contributed by atoms with van der Waals surface area (Å²) >= 11 is 7.50. The Morgan fingerprint density at radius 1 is 1.04 bits per heavy atom. The molecule has 28 heavy (non-hydrogen) atoms. The van der Waals surface area contributed by atoms with Crippen LogP contribution in [-0.2, 0) is 19.7 Å². The van der Waals surface area contributed by atoms with Crippen LogP contribution in [0.3, 0.4) is 0 Å². The van der Waals surface area contributed by atoms with Gasteiger partial charge in [0.2, 0.25) is 0 Å². The minimum Gasteiger partial charge on any atom is -0.456 e. The van der Waals surface area contributed by atoms with Gasteiger partial charge in [-0.1, -0.05) is 44.5 Å². The maximum absolute atomic E-state index is 11.9. The van der Waals surface area contributed by atoms with Gasteiger partial charge in [-0.2, -0.15) is 0 Å². The van der Waals surface area contributed by atoms with E-state index in [1.807, 2.05) is 48.5 Å². The molecule has 0 fully saturated rings. The molecule has 0 heterocycles. The van der Waals surface area contributed by atoms with Crippen molar-refractivity contribution < 1.29 is 14.3 Å². The number of esters is 1. The molecule has 0 aliphatic carbocycles. The van der Waals surface area contributed by atoms with Crippen LogP contribution in [0.15, 0.2) is 53.4 Å². The largest absolute Gasteiger partial charge is 0.456 e. The number of nitrogens with one attached hydrogen (secondary N) is 1. The Hall–Kier alpha value is -1.98. The lowest BCUT2D eigenvalue weighted by Crippen LogP contribution is -2.21. The second-order valence-corrected chi connectivity index (χ2v) is 9.05. The van der Waals surface area contributed by atoms with Crippen LogP contribution >= 0.6 is 23.4 Å². The molecular weight excluding hydrogens is 394 g/mol. The Balaban J connectivity index is 1.63. The minimum atomic E-state index is -0.366. The van der Waals surface area contributed by atoms with Crippen LogP contribution in [0.4, 0.5) is 5.69 Å². The number of ether oxygens (including phenoxy) is 1. The van der Waals surface area contributed by atoms with E-state index in [0.29, 0.717) is 17.1 Å². The lowest BCUT2D eigenvalue weighted by molar-refractivity contribution is -0.147. The molecule has 2 rings (SSSR count). The third-order valence-electron chi connectivity index (χ3n) is 4.01. The van der Waals surface area contributed by atoms with Crippen LogP contribution in [0, 0.1) is 0 Å². The molecule has 1 amide bonds. The highest BCUT2D eigenvalue weighted by Gasteiger charge is 2.13.